The van der Waals surface area contributed by atoms with Crippen LogP contribution < -0.4 is 14.8 Å². The summed E-state index contributed by atoms with van der Waals surface area (Å²) in [6.45, 7) is 5.30. The van der Waals surface area contributed by atoms with Crippen molar-refractivity contribution < 1.29 is 13.9 Å². The predicted octanol–water partition coefficient (Wildman–Crippen LogP) is 4.88. The quantitative estimate of drug-likeness (QED) is 0.316. The molecule has 0 atom stereocenters. The van der Waals surface area contributed by atoms with Crippen LogP contribution in [0, 0.1) is 6.92 Å². The molecule has 0 bridgehead atoms. The lowest BCUT2D eigenvalue weighted by molar-refractivity contribution is 0.245. The maximum atomic E-state index is 5.59. The lowest BCUT2D eigenvalue weighted by Crippen LogP contribution is -2.30. The van der Waals surface area contributed by atoms with Crippen molar-refractivity contribution in [2.24, 2.45) is 0 Å². The molecule has 38 heavy (non-hydrogen) atoms. The monoisotopic (exact) mass is 510 g/mol. The van der Waals surface area contributed by atoms with Crippen LogP contribution in [0.3, 0.4) is 0 Å². The summed E-state index contributed by atoms with van der Waals surface area (Å²) >= 11 is 0. The standard InChI is InChI=1S/C29H30N6O3/c1-19-6-8-21-10-11-34(17-22(21)13-19)18-23-16-31-29(30-15-20-7-9-24(36-2)26(14-20)37-3)35-28(23)32-27(33-35)25-5-4-12-38-25/h4-9,12-14,16H,10-11,15,17-18H2,1-3H3,(H,30,31). The maximum Gasteiger partial charge on any atom is 0.226 e. The summed E-state index contributed by atoms with van der Waals surface area (Å²) in [6, 6.07) is 16.3. The molecule has 1 aliphatic heterocycles. The molecular formula is C29H30N6O3. The van der Waals surface area contributed by atoms with E-state index in [9.17, 15) is 0 Å². The lowest BCUT2D eigenvalue weighted by Gasteiger charge is -2.29. The number of aromatic nitrogens is 4. The highest BCUT2D eigenvalue weighted by atomic mass is 16.5. The van der Waals surface area contributed by atoms with E-state index in [0.29, 0.717) is 35.6 Å². The molecule has 1 aliphatic rings. The van der Waals surface area contributed by atoms with Gasteiger partial charge in [0.1, 0.15) is 0 Å². The molecule has 0 saturated carbocycles. The van der Waals surface area contributed by atoms with Crippen LogP contribution in [0.1, 0.15) is 27.8 Å². The molecule has 5 aromatic rings. The summed E-state index contributed by atoms with van der Waals surface area (Å²) in [7, 11) is 3.26. The van der Waals surface area contributed by atoms with Crippen LogP contribution in [-0.2, 0) is 26.1 Å². The number of furan rings is 1. The number of ether oxygens (including phenoxy) is 2. The van der Waals surface area contributed by atoms with Crippen LogP contribution in [0.15, 0.2) is 65.4 Å². The number of fused-ring (bicyclic) bond motifs is 2. The second kappa shape index (κ2) is 10.2. The van der Waals surface area contributed by atoms with E-state index in [0.717, 1.165) is 42.8 Å². The Bertz CT molecular complexity index is 1580. The molecule has 1 N–H and O–H groups in total. The van der Waals surface area contributed by atoms with Gasteiger partial charge in [-0.1, -0.05) is 29.8 Å². The van der Waals surface area contributed by atoms with Gasteiger partial charge >= 0.3 is 0 Å². The van der Waals surface area contributed by atoms with Crippen molar-refractivity contribution in [3.05, 3.63) is 88.8 Å². The number of methoxy groups -OCH3 is 2. The molecule has 0 saturated heterocycles. The van der Waals surface area contributed by atoms with Crippen LogP contribution in [0.2, 0.25) is 0 Å². The number of hydrogen-bond acceptors (Lipinski definition) is 8. The minimum atomic E-state index is 0.526. The van der Waals surface area contributed by atoms with Gasteiger partial charge in [-0.2, -0.15) is 4.52 Å². The van der Waals surface area contributed by atoms with Crippen LogP contribution >= 0.6 is 0 Å². The van der Waals surface area contributed by atoms with Crippen molar-refractivity contribution in [1.82, 2.24) is 24.5 Å². The molecule has 0 spiro atoms. The van der Waals surface area contributed by atoms with Gasteiger partial charge in [-0.25, -0.2) is 9.97 Å². The van der Waals surface area contributed by atoms with Gasteiger partial charge in [-0.15, -0.1) is 5.10 Å². The Morgan fingerprint density at radius 1 is 1.03 bits per heavy atom. The number of benzene rings is 2. The Hall–Kier alpha value is -4.37. The molecule has 6 rings (SSSR count). The average molecular weight is 511 g/mol. The minimum absolute atomic E-state index is 0.526. The first-order chi connectivity index (χ1) is 18.6. The lowest BCUT2D eigenvalue weighted by atomic mass is 9.97. The first kappa shape index (κ1) is 24.0. The Morgan fingerprint density at radius 2 is 1.92 bits per heavy atom. The Morgan fingerprint density at radius 3 is 2.74 bits per heavy atom. The molecule has 9 nitrogen and oxygen atoms in total. The van der Waals surface area contributed by atoms with E-state index >= 15 is 0 Å². The summed E-state index contributed by atoms with van der Waals surface area (Å²) in [5, 5.41) is 8.16. The second-order valence-corrected chi connectivity index (χ2v) is 9.53. The van der Waals surface area contributed by atoms with Gasteiger partial charge in [-0.3, -0.25) is 4.90 Å². The SMILES string of the molecule is COc1ccc(CNc2ncc(CN3CCc4ccc(C)cc4C3)c3nc(-c4ccco4)nn23)cc1OC. The number of anilines is 1. The van der Waals surface area contributed by atoms with Crippen LogP contribution in [0.25, 0.3) is 17.2 Å². The van der Waals surface area contributed by atoms with E-state index in [1.807, 2.05) is 36.5 Å². The van der Waals surface area contributed by atoms with E-state index in [2.05, 4.69) is 35.3 Å². The fourth-order valence-electron chi connectivity index (χ4n) is 4.95. The highest BCUT2D eigenvalue weighted by Crippen LogP contribution is 2.28. The zero-order valence-corrected chi connectivity index (χ0v) is 21.8. The van der Waals surface area contributed by atoms with Gasteiger partial charge in [0.05, 0.1) is 20.5 Å². The predicted molar refractivity (Wildman–Crippen MR) is 144 cm³/mol. The topological polar surface area (TPSA) is 90.0 Å². The molecule has 4 heterocycles. The Balaban J connectivity index is 1.29. The highest BCUT2D eigenvalue weighted by molar-refractivity contribution is 5.58. The highest BCUT2D eigenvalue weighted by Gasteiger charge is 2.21. The zero-order chi connectivity index (χ0) is 26.1. The third kappa shape index (κ3) is 4.68. The molecule has 194 valence electrons. The van der Waals surface area contributed by atoms with Crippen molar-refractivity contribution in [3.63, 3.8) is 0 Å². The number of nitrogens with one attached hydrogen (secondary N) is 1. The normalized spacial score (nSPS) is 13.4. The number of nitrogens with zero attached hydrogens (tertiary/aromatic N) is 5. The molecule has 0 radical (unpaired) electrons. The van der Waals surface area contributed by atoms with E-state index < -0.39 is 0 Å². The fourth-order valence-corrected chi connectivity index (χ4v) is 4.95. The van der Waals surface area contributed by atoms with Crippen molar-refractivity contribution in [2.45, 2.75) is 33.0 Å². The third-order valence-electron chi connectivity index (χ3n) is 6.92. The van der Waals surface area contributed by atoms with Gasteiger partial charge in [0.2, 0.25) is 11.8 Å². The molecule has 3 aromatic heterocycles. The number of rotatable bonds is 8. The largest absolute Gasteiger partial charge is 0.493 e. The van der Waals surface area contributed by atoms with Crippen LogP contribution in [-0.4, -0.2) is 45.2 Å². The first-order valence-electron chi connectivity index (χ1n) is 12.7. The van der Waals surface area contributed by atoms with Crippen LogP contribution in [0.4, 0.5) is 5.95 Å². The van der Waals surface area contributed by atoms with E-state index in [1.165, 1.54) is 16.7 Å². The number of aryl methyl sites for hydroxylation is 1. The van der Waals surface area contributed by atoms with Gasteiger partial charge in [-0.05, 0) is 54.3 Å². The smallest absolute Gasteiger partial charge is 0.226 e. The minimum Gasteiger partial charge on any atom is -0.493 e. The summed E-state index contributed by atoms with van der Waals surface area (Å²) in [6.07, 6.45) is 4.57. The van der Waals surface area contributed by atoms with E-state index in [-0.39, 0.29) is 0 Å². The second-order valence-electron chi connectivity index (χ2n) is 9.53. The molecule has 0 unspecified atom stereocenters. The van der Waals surface area contributed by atoms with Crippen molar-refractivity contribution in [3.8, 4) is 23.1 Å². The Labute approximate surface area is 221 Å². The average Bonchev–Trinajstić information content (AvgIpc) is 3.63. The van der Waals surface area contributed by atoms with Gasteiger partial charge in [0.15, 0.2) is 22.9 Å². The van der Waals surface area contributed by atoms with Gasteiger partial charge in [0.25, 0.3) is 0 Å². The first-order valence-corrected chi connectivity index (χ1v) is 12.7. The molecule has 0 fully saturated rings. The maximum absolute atomic E-state index is 5.59. The van der Waals surface area contributed by atoms with Crippen molar-refractivity contribution in [2.75, 3.05) is 26.1 Å². The zero-order valence-electron chi connectivity index (χ0n) is 21.8. The molecule has 0 amide bonds. The summed E-state index contributed by atoms with van der Waals surface area (Å²) < 4.78 is 18.2. The van der Waals surface area contributed by atoms with E-state index in [1.54, 1.807) is 25.0 Å². The fraction of sp³-hybridized carbons (Fsp3) is 0.276. The molecule has 9 heteroatoms. The summed E-state index contributed by atoms with van der Waals surface area (Å²) in [5.74, 6) is 3.12. The Kier molecular flexibility index (Phi) is 6.43. The molecular weight excluding hydrogens is 480 g/mol. The molecule has 2 aromatic carbocycles. The van der Waals surface area contributed by atoms with Gasteiger partial charge < -0.3 is 19.2 Å². The molecule has 0 aliphatic carbocycles. The van der Waals surface area contributed by atoms with Crippen LogP contribution in [0.5, 0.6) is 11.5 Å². The third-order valence-corrected chi connectivity index (χ3v) is 6.92. The van der Waals surface area contributed by atoms with E-state index in [4.69, 9.17) is 29.0 Å². The number of hydrogen-bond donors (Lipinski definition) is 1. The summed E-state index contributed by atoms with van der Waals surface area (Å²) in [5.41, 5.74) is 6.92. The van der Waals surface area contributed by atoms with Crippen molar-refractivity contribution >= 4 is 11.6 Å². The summed E-state index contributed by atoms with van der Waals surface area (Å²) in [4.78, 5) is 12.1. The van der Waals surface area contributed by atoms with Gasteiger partial charge in [0, 0.05) is 37.9 Å². The van der Waals surface area contributed by atoms with Crippen molar-refractivity contribution in [1.29, 1.82) is 0 Å².